The summed E-state index contributed by atoms with van der Waals surface area (Å²) in [6, 6.07) is 4.94. The summed E-state index contributed by atoms with van der Waals surface area (Å²) in [5, 5.41) is 8.06. The zero-order valence-electron chi connectivity index (χ0n) is 15.1. The minimum absolute atomic E-state index is 0.0373. The van der Waals surface area contributed by atoms with Crippen LogP contribution in [0, 0.1) is 6.92 Å². The van der Waals surface area contributed by atoms with E-state index in [2.05, 4.69) is 20.2 Å². The van der Waals surface area contributed by atoms with Crippen LogP contribution in [-0.4, -0.2) is 37.5 Å². The molecule has 0 bridgehead atoms. The first-order valence-corrected chi connectivity index (χ1v) is 9.48. The van der Waals surface area contributed by atoms with Gasteiger partial charge in [-0.25, -0.2) is 9.97 Å². The Morgan fingerprint density at radius 3 is 2.86 bits per heavy atom. The second kappa shape index (κ2) is 7.77. The highest BCUT2D eigenvalue weighted by molar-refractivity contribution is 6.34. The van der Waals surface area contributed by atoms with Gasteiger partial charge in [0, 0.05) is 22.8 Å². The van der Waals surface area contributed by atoms with E-state index in [1.54, 1.807) is 23.1 Å². The molecule has 0 atom stereocenters. The predicted octanol–water partition coefficient (Wildman–Crippen LogP) is 3.73. The molecule has 1 aromatic carbocycles. The van der Waals surface area contributed by atoms with Gasteiger partial charge >= 0.3 is 0 Å². The van der Waals surface area contributed by atoms with E-state index < -0.39 is 0 Å². The van der Waals surface area contributed by atoms with E-state index in [-0.39, 0.29) is 12.3 Å². The van der Waals surface area contributed by atoms with Crippen LogP contribution in [0.25, 0.3) is 0 Å². The number of hydrogen-bond donors (Lipinski definition) is 1. The minimum atomic E-state index is -0.0373. The van der Waals surface area contributed by atoms with Crippen molar-refractivity contribution in [1.82, 2.24) is 25.1 Å². The SMILES string of the molecule is Cc1[nH]nc(CC(=O)N2CCc3cncnc3C2)c1Oc1cc(Cl)cc(Cl)c1. The summed E-state index contributed by atoms with van der Waals surface area (Å²) >= 11 is 12.1. The number of nitrogens with one attached hydrogen (secondary N) is 1. The first-order valence-electron chi connectivity index (χ1n) is 8.73. The number of fused-ring (bicyclic) bond motifs is 1. The Labute approximate surface area is 171 Å². The quantitative estimate of drug-likeness (QED) is 0.698. The fourth-order valence-corrected chi connectivity index (χ4v) is 3.65. The molecule has 7 nitrogen and oxygen atoms in total. The molecule has 0 saturated heterocycles. The standard InChI is InChI=1S/C19H17Cl2N5O2/c1-11-19(28-15-5-13(20)4-14(21)6-15)16(25-24-11)7-18(27)26-3-2-12-8-22-10-23-17(12)9-26/h4-6,8,10H,2-3,7,9H2,1H3,(H,24,25). The first-order chi connectivity index (χ1) is 13.5. The molecule has 0 radical (unpaired) electrons. The predicted molar refractivity (Wildman–Crippen MR) is 105 cm³/mol. The molecule has 1 amide bonds. The van der Waals surface area contributed by atoms with Crippen molar-refractivity contribution >= 4 is 29.1 Å². The fourth-order valence-electron chi connectivity index (χ4n) is 3.15. The second-order valence-corrected chi connectivity index (χ2v) is 7.44. The van der Waals surface area contributed by atoms with Crippen LogP contribution in [0.15, 0.2) is 30.7 Å². The lowest BCUT2D eigenvalue weighted by Gasteiger charge is -2.27. The molecule has 1 aliphatic rings. The molecule has 0 spiro atoms. The number of aromatic nitrogens is 4. The number of aryl methyl sites for hydroxylation is 1. The van der Waals surface area contributed by atoms with Crippen LogP contribution in [0.1, 0.15) is 22.6 Å². The third kappa shape index (κ3) is 3.95. The number of nitrogens with zero attached hydrogens (tertiary/aromatic N) is 4. The maximum Gasteiger partial charge on any atom is 0.229 e. The molecule has 1 aliphatic heterocycles. The topological polar surface area (TPSA) is 84.0 Å². The van der Waals surface area contributed by atoms with Gasteiger partial charge in [0.25, 0.3) is 0 Å². The van der Waals surface area contributed by atoms with Crippen molar-refractivity contribution in [2.45, 2.75) is 26.3 Å². The summed E-state index contributed by atoms with van der Waals surface area (Å²) in [6.45, 7) is 2.93. The normalized spacial score (nSPS) is 13.3. The minimum Gasteiger partial charge on any atom is -0.453 e. The maximum atomic E-state index is 12.8. The molecule has 0 saturated carbocycles. The summed E-state index contributed by atoms with van der Waals surface area (Å²) in [5.74, 6) is 0.954. The Morgan fingerprint density at radius 1 is 1.29 bits per heavy atom. The van der Waals surface area contributed by atoms with Crippen molar-refractivity contribution in [3.05, 3.63) is 63.4 Å². The van der Waals surface area contributed by atoms with Gasteiger partial charge in [0.05, 0.1) is 24.4 Å². The molecule has 0 unspecified atom stereocenters. The molecule has 28 heavy (non-hydrogen) atoms. The lowest BCUT2D eigenvalue weighted by atomic mass is 10.1. The number of aromatic amines is 1. The molecule has 3 heterocycles. The summed E-state index contributed by atoms with van der Waals surface area (Å²) in [4.78, 5) is 22.9. The molecule has 2 aromatic heterocycles. The zero-order chi connectivity index (χ0) is 19.7. The lowest BCUT2D eigenvalue weighted by Crippen LogP contribution is -2.37. The van der Waals surface area contributed by atoms with Gasteiger partial charge in [0.1, 0.15) is 17.8 Å². The average molecular weight is 418 g/mol. The molecule has 4 rings (SSSR count). The molecular formula is C19H17Cl2N5O2. The molecule has 0 fully saturated rings. The number of carbonyl (C=O) groups excluding carboxylic acids is 1. The van der Waals surface area contributed by atoms with Crippen LogP contribution in [0.3, 0.4) is 0 Å². The van der Waals surface area contributed by atoms with E-state index in [0.717, 1.165) is 23.4 Å². The Bertz CT molecular complexity index is 1020. The molecule has 0 aliphatic carbocycles. The van der Waals surface area contributed by atoms with Gasteiger partial charge in [0.2, 0.25) is 5.91 Å². The van der Waals surface area contributed by atoms with Gasteiger partial charge in [-0.2, -0.15) is 5.10 Å². The average Bonchev–Trinajstić information content (AvgIpc) is 3.00. The van der Waals surface area contributed by atoms with Gasteiger partial charge in [-0.15, -0.1) is 0 Å². The van der Waals surface area contributed by atoms with Crippen molar-refractivity contribution in [2.24, 2.45) is 0 Å². The van der Waals surface area contributed by atoms with Crippen LogP contribution in [0.4, 0.5) is 0 Å². The number of amides is 1. The van der Waals surface area contributed by atoms with E-state index in [1.165, 1.54) is 6.33 Å². The summed E-state index contributed by atoms with van der Waals surface area (Å²) < 4.78 is 5.93. The summed E-state index contributed by atoms with van der Waals surface area (Å²) in [7, 11) is 0. The zero-order valence-corrected chi connectivity index (χ0v) is 16.6. The van der Waals surface area contributed by atoms with Gasteiger partial charge in [-0.3, -0.25) is 9.89 Å². The van der Waals surface area contributed by atoms with Crippen molar-refractivity contribution in [3.63, 3.8) is 0 Å². The number of benzene rings is 1. The van der Waals surface area contributed by atoms with Crippen LogP contribution >= 0.6 is 23.2 Å². The Hall–Kier alpha value is -2.64. The third-order valence-electron chi connectivity index (χ3n) is 4.56. The number of H-pyrrole nitrogens is 1. The van der Waals surface area contributed by atoms with Crippen molar-refractivity contribution < 1.29 is 9.53 Å². The van der Waals surface area contributed by atoms with Crippen LogP contribution in [0.2, 0.25) is 10.0 Å². The van der Waals surface area contributed by atoms with Crippen LogP contribution in [0.5, 0.6) is 11.5 Å². The van der Waals surface area contributed by atoms with E-state index in [9.17, 15) is 4.79 Å². The van der Waals surface area contributed by atoms with Crippen molar-refractivity contribution in [2.75, 3.05) is 6.54 Å². The number of halogens is 2. The monoisotopic (exact) mass is 417 g/mol. The van der Waals surface area contributed by atoms with Crippen molar-refractivity contribution in [3.8, 4) is 11.5 Å². The summed E-state index contributed by atoms with van der Waals surface area (Å²) in [5.41, 5.74) is 3.23. The number of hydrogen-bond acceptors (Lipinski definition) is 5. The first kappa shape index (κ1) is 18.7. The van der Waals surface area contributed by atoms with E-state index in [0.29, 0.717) is 40.3 Å². The number of carbonyl (C=O) groups is 1. The smallest absolute Gasteiger partial charge is 0.229 e. The Kier molecular flexibility index (Phi) is 5.19. The molecule has 1 N–H and O–H groups in total. The maximum absolute atomic E-state index is 12.8. The van der Waals surface area contributed by atoms with Gasteiger partial charge in [-0.1, -0.05) is 23.2 Å². The molecular weight excluding hydrogens is 401 g/mol. The van der Waals surface area contributed by atoms with Gasteiger partial charge < -0.3 is 9.64 Å². The number of rotatable bonds is 4. The summed E-state index contributed by atoms with van der Waals surface area (Å²) in [6.07, 6.45) is 4.18. The van der Waals surface area contributed by atoms with Gasteiger partial charge in [0.15, 0.2) is 5.75 Å². The molecule has 144 valence electrons. The number of ether oxygens (including phenoxy) is 1. The third-order valence-corrected chi connectivity index (χ3v) is 5.00. The second-order valence-electron chi connectivity index (χ2n) is 6.57. The highest BCUT2D eigenvalue weighted by Gasteiger charge is 2.24. The highest BCUT2D eigenvalue weighted by atomic mass is 35.5. The molecule has 3 aromatic rings. The van der Waals surface area contributed by atoms with E-state index in [1.807, 2.05) is 13.1 Å². The lowest BCUT2D eigenvalue weighted by molar-refractivity contribution is -0.131. The fraction of sp³-hybridized carbons (Fsp3) is 0.263. The van der Waals surface area contributed by atoms with Crippen LogP contribution in [-0.2, 0) is 24.2 Å². The van der Waals surface area contributed by atoms with Crippen LogP contribution < -0.4 is 4.74 Å². The molecule has 9 heteroatoms. The van der Waals surface area contributed by atoms with E-state index in [4.69, 9.17) is 27.9 Å². The Morgan fingerprint density at radius 2 is 2.07 bits per heavy atom. The Balaban J connectivity index is 1.50. The van der Waals surface area contributed by atoms with E-state index >= 15 is 0 Å². The van der Waals surface area contributed by atoms with Gasteiger partial charge in [-0.05, 0) is 37.1 Å². The van der Waals surface area contributed by atoms with Crippen molar-refractivity contribution in [1.29, 1.82) is 0 Å². The highest BCUT2D eigenvalue weighted by Crippen LogP contribution is 2.32. The largest absolute Gasteiger partial charge is 0.453 e.